The van der Waals surface area contributed by atoms with Crippen LogP contribution in [0.4, 0.5) is 0 Å². The highest BCUT2D eigenvalue weighted by Crippen LogP contribution is 2.04. The van der Waals surface area contributed by atoms with Gasteiger partial charge in [-0.15, -0.1) is 0 Å². The van der Waals surface area contributed by atoms with Gasteiger partial charge < -0.3 is 8.46 Å². The SMILES string of the molecule is CC(C)N([SiH2][SiH2]N([Si](C)C)[Si](C)C)C(C)C. The number of nitrogens with zero attached hydrogens (tertiary/aromatic N) is 2. The van der Waals surface area contributed by atoms with Gasteiger partial charge in [0.15, 0.2) is 0 Å². The lowest BCUT2D eigenvalue weighted by Gasteiger charge is -2.35. The molecule has 0 fully saturated rings. The summed E-state index contributed by atoms with van der Waals surface area (Å²) in [6, 6.07) is 1.52. The maximum Gasteiger partial charge on any atom is 0.115 e. The molecule has 6 heteroatoms. The molecule has 0 aromatic rings. The van der Waals surface area contributed by atoms with Gasteiger partial charge in [-0.1, -0.05) is 53.9 Å². The summed E-state index contributed by atoms with van der Waals surface area (Å²) >= 11 is 0. The van der Waals surface area contributed by atoms with Crippen LogP contribution < -0.4 is 0 Å². The van der Waals surface area contributed by atoms with Crippen LogP contribution in [0.2, 0.25) is 26.2 Å². The van der Waals surface area contributed by atoms with Gasteiger partial charge in [-0.25, -0.2) is 0 Å². The molecule has 0 saturated heterocycles. The summed E-state index contributed by atoms with van der Waals surface area (Å²) in [5.41, 5.74) is 0. The Labute approximate surface area is 111 Å². The second-order valence-corrected chi connectivity index (χ2v) is 17.0. The van der Waals surface area contributed by atoms with Gasteiger partial charge in [-0.05, 0) is 12.1 Å². The van der Waals surface area contributed by atoms with Gasteiger partial charge in [0.2, 0.25) is 0 Å². The predicted octanol–water partition coefficient (Wildman–Crippen LogP) is 0.992. The molecule has 0 aliphatic carbocycles. The Morgan fingerprint density at radius 1 is 0.750 bits per heavy atom. The highest BCUT2D eigenvalue weighted by molar-refractivity contribution is 7.05. The van der Waals surface area contributed by atoms with Gasteiger partial charge in [-0.3, -0.25) is 0 Å². The summed E-state index contributed by atoms with van der Waals surface area (Å²) in [7, 11) is -0.208. The van der Waals surface area contributed by atoms with E-state index in [-0.39, 0.29) is 36.3 Å². The van der Waals surface area contributed by atoms with E-state index in [1.54, 1.807) is 0 Å². The first-order valence-electron chi connectivity index (χ1n) is 6.41. The standard InChI is InChI=1S/C10H30N2Si4/c1-9(2)11(10(3)4)13-14-12(15(5)6)16(7)8/h9-10H,13-14H2,1-8H3. The minimum Gasteiger partial charge on any atom is -0.376 e. The van der Waals surface area contributed by atoms with E-state index in [0.717, 1.165) is 12.1 Å². The summed E-state index contributed by atoms with van der Waals surface area (Å²) < 4.78 is 5.77. The third-order valence-electron chi connectivity index (χ3n) is 2.99. The molecule has 0 rings (SSSR count). The Balaban J connectivity index is 4.27. The zero-order valence-electron chi connectivity index (χ0n) is 12.5. The summed E-state index contributed by atoms with van der Waals surface area (Å²) in [6.07, 6.45) is 0. The van der Waals surface area contributed by atoms with Crippen LogP contribution >= 0.6 is 0 Å². The molecular weight excluding hydrogens is 260 g/mol. The van der Waals surface area contributed by atoms with Gasteiger partial charge in [0, 0.05) is 0 Å². The zero-order chi connectivity index (χ0) is 12.9. The van der Waals surface area contributed by atoms with Crippen molar-refractivity contribution < 1.29 is 0 Å². The number of rotatable bonds is 7. The highest BCUT2D eigenvalue weighted by atomic mass is 29.2. The molecule has 96 valence electrons. The molecule has 16 heavy (non-hydrogen) atoms. The minimum absolute atomic E-state index is 0.0464. The van der Waals surface area contributed by atoms with Gasteiger partial charge >= 0.3 is 0 Å². The molecule has 2 radical (unpaired) electrons. The fraction of sp³-hybridized carbons (Fsp3) is 1.00. The minimum atomic E-state index is -0.170. The molecule has 0 amide bonds. The third-order valence-corrected chi connectivity index (χ3v) is 21.8. The fourth-order valence-corrected chi connectivity index (χ4v) is 25.1. The second-order valence-electron chi connectivity index (χ2n) is 5.47. The summed E-state index contributed by atoms with van der Waals surface area (Å²) in [5, 5.41) is 0. The van der Waals surface area contributed by atoms with Crippen molar-refractivity contribution in [2.45, 2.75) is 66.0 Å². The molecule has 0 N–H and O–H groups in total. The van der Waals surface area contributed by atoms with E-state index in [1.807, 2.05) is 0 Å². The lowest BCUT2D eigenvalue weighted by Crippen LogP contribution is -2.53. The van der Waals surface area contributed by atoms with Gasteiger partial charge in [0.25, 0.3) is 0 Å². The summed E-state index contributed by atoms with van der Waals surface area (Å²) in [4.78, 5) is 0. The Morgan fingerprint density at radius 3 is 1.38 bits per heavy atom. The Bertz CT molecular complexity index is 150. The van der Waals surface area contributed by atoms with Crippen molar-refractivity contribution >= 4 is 36.3 Å². The summed E-state index contributed by atoms with van der Waals surface area (Å²) in [5.74, 6) is 0. The summed E-state index contributed by atoms with van der Waals surface area (Å²) in [6.45, 7) is 19.3. The van der Waals surface area contributed by atoms with Crippen molar-refractivity contribution in [2.75, 3.05) is 0 Å². The molecule has 0 heterocycles. The second kappa shape index (κ2) is 7.99. The first-order valence-corrected chi connectivity index (χ1v) is 16.6. The Morgan fingerprint density at radius 2 is 1.12 bits per heavy atom. The van der Waals surface area contributed by atoms with Crippen LogP contribution in [0.3, 0.4) is 0 Å². The normalized spacial score (nSPS) is 14.6. The molecule has 0 spiro atoms. The fourth-order valence-electron chi connectivity index (χ4n) is 2.22. The van der Waals surface area contributed by atoms with Crippen molar-refractivity contribution in [3.05, 3.63) is 0 Å². The Hall–Kier alpha value is 0.788. The van der Waals surface area contributed by atoms with Crippen LogP contribution in [-0.2, 0) is 0 Å². The molecule has 0 atom stereocenters. The first-order chi connectivity index (χ1) is 7.27. The average molecular weight is 291 g/mol. The van der Waals surface area contributed by atoms with E-state index in [9.17, 15) is 0 Å². The quantitative estimate of drug-likeness (QED) is 0.645. The van der Waals surface area contributed by atoms with E-state index in [1.165, 1.54) is 0 Å². The average Bonchev–Trinajstić information content (AvgIpc) is 2.09. The number of hydrogen-bond donors (Lipinski definition) is 0. The Kier molecular flexibility index (Phi) is 8.38. The monoisotopic (exact) mass is 290 g/mol. The maximum atomic E-state index is 2.97. The van der Waals surface area contributed by atoms with Gasteiger partial charge in [0.05, 0.1) is 18.4 Å². The highest BCUT2D eigenvalue weighted by Gasteiger charge is 2.20. The van der Waals surface area contributed by atoms with Crippen molar-refractivity contribution in [2.24, 2.45) is 0 Å². The van der Waals surface area contributed by atoms with Crippen LogP contribution in [0.25, 0.3) is 0 Å². The topological polar surface area (TPSA) is 6.48 Å². The lowest BCUT2D eigenvalue weighted by atomic mass is 10.3. The first kappa shape index (κ1) is 16.8. The molecule has 0 aromatic carbocycles. The number of hydrogen-bond acceptors (Lipinski definition) is 2. The maximum absolute atomic E-state index is 2.97. The predicted molar refractivity (Wildman–Crippen MR) is 86.0 cm³/mol. The molecular formula is C10H30N2Si4. The molecule has 0 aliphatic heterocycles. The molecule has 0 bridgehead atoms. The molecule has 0 aromatic heterocycles. The van der Waals surface area contributed by atoms with Crippen molar-refractivity contribution in [1.29, 1.82) is 0 Å². The third kappa shape index (κ3) is 5.92. The van der Waals surface area contributed by atoms with E-state index in [0.29, 0.717) is 0 Å². The van der Waals surface area contributed by atoms with E-state index < -0.39 is 0 Å². The van der Waals surface area contributed by atoms with E-state index in [4.69, 9.17) is 0 Å². The molecule has 0 aliphatic rings. The van der Waals surface area contributed by atoms with Gasteiger partial charge in [-0.2, -0.15) is 0 Å². The van der Waals surface area contributed by atoms with Crippen LogP contribution in [0.1, 0.15) is 27.7 Å². The smallest absolute Gasteiger partial charge is 0.115 e. The van der Waals surface area contributed by atoms with Crippen LogP contribution in [0.5, 0.6) is 0 Å². The zero-order valence-corrected chi connectivity index (χ0v) is 17.3. The lowest BCUT2D eigenvalue weighted by molar-refractivity contribution is 0.317. The van der Waals surface area contributed by atoms with Crippen LogP contribution in [0.15, 0.2) is 0 Å². The van der Waals surface area contributed by atoms with Crippen LogP contribution in [-0.4, -0.2) is 56.9 Å². The largest absolute Gasteiger partial charge is 0.376 e. The van der Waals surface area contributed by atoms with E-state index in [2.05, 4.69) is 62.3 Å². The van der Waals surface area contributed by atoms with E-state index >= 15 is 0 Å². The van der Waals surface area contributed by atoms with Crippen molar-refractivity contribution in [1.82, 2.24) is 8.46 Å². The molecule has 0 unspecified atom stereocenters. The molecule has 0 saturated carbocycles. The van der Waals surface area contributed by atoms with Crippen molar-refractivity contribution in [3.63, 3.8) is 0 Å². The van der Waals surface area contributed by atoms with Gasteiger partial charge in [0.1, 0.15) is 17.9 Å². The van der Waals surface area contributed by atoms with Crippen molar-refractivity contribution in [3.8, 4) is 0 Å². The molecule has 2 nitrogen and oxygen atoms in total. The van der Waals surface area contributed by atoms with Crippen LogP contribution in [0, 0.1) is 0 Å².